The van der Waals surface area contributed by atoms with Crippen molar-refractivity contribution in [3.05, 3.63) is 29.0 Å². The van der Waals surface area contributed by atoms with Gasteiger partial charge in [-0.3, -0.25) is 4.84 Å². The normalized spacial score (nSPS) is 21.9. The molecule has 1 aliphatic rings. The predicted molar refractivity (Wildman–Crippen MR) is 57.3 cm³/mol. The van der Waals surface area contributed by atoms with E-state index < -0.39 is 26.8 Å². The summed E-state index contributed by atoms with van der Waals surface area (Å²) in [5, 5.41) is 8.90. The van der Waals surface area contributed by atoms with Crippen LogP contribution in [0.2, 0.25) is 5.02 Å². The van der Waals surface area contributed by atoms with Gasteiger partial charge in [0.2, 0.25) is 0 Å². The molecular weight excluding hydrogens is 273 g/mol. The molecule has 1 fully saturated rings. The molecule has 5 nitrogen and oxygen atoms in total. The molecule has 0 saturated carbocycles. The molecule has 1 saturated heterocycles. The van der Waals surface area contributed by atoms with Crippen LogP contribution in [0.3, 0.4) is 0 Å². The Balaban J connectivity index is 2.42. The number of sulfonamides is 1. The molecule has 17 heavy (non-hydrogen) atoms. The molecule has 1 aromatic carbocycles. The predicted octanol–water partition coefficient (Wildman–Crippen LogP) is 0.776. The summed E-state index contributed by atoms with van der Waals surface area (Å²) < 4.78 is 38.0. The van der Waals surface area contributed by atoms with E-state index >= 15 is 0 Å². The van der Waals surface area contributed by atoms with Crippen molar-refractivity contribution in [1.82, 2.24) is 4.47 Å². The Hall–Kier alpha value is -0.730. The standard InChI is InChI=1S/C9H9ClFNO4S/c10-7-2-1-3-8(9(7)11)17(14,15)12-4-6(13)5-16-12/h1-3,6,13H,4-5H2/t6-/m1/s1. The van der Waals surface area contributed by atoms with Gasteiger partial charge in [0, 0.05) is 0 Å². The summed E-state index contributed by atoms with van der Waals surface area (Å²) in [6.07, 6.45) is -0.910. The van der Waals surface area contributed by atoms with Crippen molar-refractivity contribution in [2.75, 3.05) is 13.2 Å². The van der Waals surface area contributed by atoms with Crippen LogP contribution in [0.5, 0.6) is 0 Å². The molecule has 0 amide bonds. The van der Waals surface area contributed by atoms with Crippen molar-refractivity contribution in [2.24, 2.45) is 0 Å². The van der Waals surface area contributed by atoms with Crippen LogP contribution >= 0.6 is 11.6 Å². The van der Waals surface area contributed by atoms with Gasteiger partial charge in [0.1, 0.15) is 4.90 Å². The van der Waals surface area contributed by atoms with Gasteiger partial charge in [-0.1, -0.05) is 22.1 Å². The molecule has 8 heteroatoms. The summed E-state index contributed by atoms with van der Waals surface area (Å²) in [6, 6.07) is 3.66. The second kappa shape index (κ2) is 4.51. The average Bonchev–Trinajstić information content (AvgIpc) is 2.69. The largest absolute Gasteiger partial charge is 0.389 e. The highest BCUT2D eigenvalue weighted by Gasteiger charge is 2.35. The first-order chi connectivity index (χ1) is 7.93. The number of benzene rings is 1. The van der Waals surface area contributed by atoms with E-state index in [-0.39, 0.29) is 18.2 Å². The molecule has 0 unspecified atom stereocenters. The van der Waals surface area contributed by atoms with E-state index in [1.807, 2.05) is 0 Å². The topological polar surface area (TPSA) is 66.8 Å². The van der Waals surface area contributed by atoms with Gasteiger partial charge in [-0.15, -0.1) is 0 Å². The third-order valence-corrected chi connectivity index (χ3v) is 4.19. The summed E-state index contributed by atoms with van der Waals surface area (Å²) in [7, 11) is -4.13. The number of β-amino-alcohol motifs (C(OH)–C–C–N with tert-alkyl or cyclic N) is 1. The lowest BCUT2D eigenvalue weighted by Gasteiger charge is -2.14. The molecule has 1 aromatic rings. The number of hydrogen-bond donors (Lipinski definition) is 1. The van der Waals surface area contributed by atoms with Crippen LogP contribution in [-0.2, 0) is 14.9 Å². The van der Waals surface area contributed by atoms with Crippen molar-refractivity contribution in [1.29, 1.82) is 0 Å². The lowest BCUT2D eigenvalue weighted by molar-refractivity contribution is -0.0318. The van der Waals surface area contributed by atoms with Crippen molar-refractivity contribution >= 4 is 21.6 Å². The third kappa shape index (κ3) is 2.29. The first-order valence-corrected chi connectivity index (χ1v) is 6.52. The molecule has 1 N–H and O–H groups in total. The van der Waals surface area contributed by atoms with E-state index in [1.165, 1.54) is 12.1 Å². The molecule has 94 valence electrons. The first-order valence-electron chi connectivity index (χ1n) is 4.70. The summed E-state index contributed by atoms with van der Waals surface area (Å²) in [5.41, 5.74) is 0. The summed E-state index contributed by atoms with van der Waals surface area (Å²) in [6.45, 7) is -0.365. The molecule has 2 rings (SSSR count). The van der Waals surface area contributed by atoms with Crippen molar-refractivity contribution in [2.45, 2.75) is 11.0 Å². The van der Waals surface area contributed by atoms with Gasteiger partial charge < -0.3 is 5.11 Å². The van der Waals surface area contributed by atoms with E-state index in [4.69, 9.17) is 16.4 Å². The van der Waals surface area contributed by atoms with Gasteiger partial charge >= 0.3 is 0 Å². The number of hydroxylamine groups is 1. The van der Waals surface area contributed by atoms with E-state index in [0.717, 1.165) is 6.07 Å². The van der Waals surface area contributed by atoms with Crippen LogP contribution in [0, 0.1) is 5.82 Å². The maximum absolute atomic E-state index is 13.6. The number of aliphatic hydroxyl groups excluding tert-OH is 1. The fourth-order valence-electron chi connectivity index (χ4n) is 1.41. The van der Waals surface area contributed by atoms with Gasteiger partial charge in [-0.2, -0.15) is 0 Å². The van der Waals surface area contributed by atoms with Crippen LogP contribution in [0.4, 0.5) is 4.39 Å². The Morgan fingerprint density at radius 3 is 2.82 bits per heavy atom. The van der Waals surface area contributed by atoms with Gasteiger partial charge in [0.05, 0.1) is 24.3 Å². The zero-order valence-corrected chi connectivity index (χ0v) is 10.1. The summed E-state index contributed by atoms with van der Waals surface area (Å²) >= 11 is 5.51. The monoisotopic (exact) mass is 281 g/mol. The van der Waals surface area contributed by atoms with Crippen LogP contribution in [0.15, 0.2) is 23.1 Å². The molecular formula is C9H9ClFNO4S. The highest BCUT2D eigenvalue weighted by Crippen LogP contribution is 2.26. The highest BCUT2D eigenvalue weighted by molar-refractivity contribution is 7.89. The van der Waals surface area contributed by atoms with E-state index in [9.17, 15) is 17.9 Å². The lowest BCUT2D eigenvalue weighted by atomic mass is 10.3. The smallest absolute Gasteiger partial charge is 0.268 e. The maximum Gasteiger partial charge on any atom is 0.268 e. The van der Waals surface area contributed by atoms with Crippen molar-refractivity contribution in [3.8, 4) is 0 Å². The van der Waals surface area contributed by atoms with Crippen LogP contribution in [0.25, 0.3) is 0 Å². The molecule has 0 aromatic heterocycles. The second-order valence-corrected chi connectivity index (χ2v) is 5.70. The molecule has 1 atom stereocenters. The Kier molecular flexibility index (Phi) is 3.37. The molecule has 0 spiro atoms. The number of nitrogens with zero attached hydrogens (tertiary/aromatic N) is 1. The van der Waals surface area contributed by atoms with Crippen molar-refractivity contribution < 1.29 is 22.8 Å². The van der Waals surface area contributed by atoms with E-state index in [1.54, 1.807) is 0 Å². The summed E-state index contributed by atoms with van der Waals surface area (Å²) in [4.78, 5) is 4.19. The van der Waals surface area contributed by atoms with Gasteiger partial charge in [-0.25, -0.2) is 12.8 Å². The fourth-order valence-corrected chi connectivity index (χ4v) is 3.01. The van der Waals surface area contributed by atoms with E-state index in [0.29, 0.717) is 4.47 Å². The van der Waals surface area contributed by atoms with Crippen LogP contribution in [-0.4, -0.2) is 37.2 Å². The fraction of sp³-hybridized carbons (Fsp3) is 0.333. The van der Waals surface area contributed by atoms with Gasteiger partial charge in [0.15, 0.2) is 5.82 Å². The minimum absolute atomic E-state index is 0.137. The van der Waals surface area contributed by atoms with Gasteiger partial charge in [0.25, 0.3) is 10.0 Å². The number of halogens is 2. The molecule has 0 bridgehead atoms. The Bertz CT molecular complexity index is 536. The van der Waals surface area contributed by atoms with E-state index in [2.05, 4.69) is 0 Å². The third-order valence-electron chi connectivity index (χ3n) is 2.23. The molecule has 0 aliphatic carbocycles. The molecule has 1 heterocycles. The molecule has 0 radical (unpaired) electrons. The Labute approximate surface area is 102 Å². The van der Waals surface area contributed by atoms with Crippen molar-refractivity contribution in [3.63, 3.8) is 0 Å². The number of rotatable bonds is 2. The summed E-state index contributed by atoms with van der Waals surface area (Å²) in [5.74, 6) is -1.03. The van der Waals surface area contributed by atoms with Crippen LogP contribution < -0.4 is 0 Å². The quantitative estimate of drug-likeness (QED) is 0.870. The SMILES string of the molecule is O=S(=O)(c1cccc(Cl)c1F)N1C[C@@H](O)CO1. The minimum Gasteiger partial charge on any atom is -0.389 e. The molecule has 1 aliphatic heterocycles. The zero-order chi connectivity index (χ0) is 12.6. The minimum atomic E-state index is -4.13. The zero-order valence-electron chi connectivity index (χ0n) is 8.51. The average molecular weight is 282 g/mol. The lowest BCUT2D eigenvalue weighted by Crippen LogP contribution is -2.29. The Morgan fingerprint density at radius 2 is 2.24 bits per heavy atom. The number of aliphatic hydroxyl groups is 1. The van der Waals surface area contributed by atoms with Crippen LogP contribution in [0.1, 0.15) is 0 Å². The van der Waals surface area contributed by atoms with Gasteiger partial charge in [-0.05, 0) is 12.1 Å². The Morgan fingerprint density at radius 1 is 1.53 bits per heavy atom. The second-order valence-electron chi connectivity index (χ2n) is 3.49. The first kappa shape index (κ1) is 12.7. The highest BCUT2D eigenvalue weighted by atomic mass is 35.5. The maximum atomic E-state index is 13.6. The number of hydrogen-bond acceptors (Lipinski definition) is 4.